The maximum atomic E-state index is 12.1. The molecule has 0 bridgehead atoms. The molecule has 3 unspecified atom stereocenters. The largest absolute Gasteiger partial charge is 0.459 e. The van der Waals surface area contributed by atoms with E-state index >= 15 is 0 Å². The van der Waals surface area contributed by atoms with E-state index in [0.29, 0.717) is 23.5 Å². The third kappa shape index (κ3) is 3.86. The Kier molecular flexibility index (Phi) is 5.15. The van der Waals surface area contributed by atoms with Crippen LogP contribution >= 0.6 is 11.8 Å². The lowest BCUT2D eigenvalue weighted by Gasteiger charge is -2.37. The molecule has 19 heavy (non-hydrogen) atoms. The van der Waals surface area contributed by atoms with Crippen molar-refractivity contribution in [1.82, 2.24) is 0 Å². The van der Waals surface area contributed by atoms with Gasteiger partial charge in [0, 0.05) is 5.75 Å². The molecule has 0 aromatic rings. The van der Waals surface area contributed by atoms with E-state index in [0.717, 1.165) is 12.8 Å². The van der Waals surface area contributed by atoms with Crippen molar-refractivity contribution in [3.05, 3.63) is 0 Å². The van der Waals surface area contributed by atoms with Gasteiger partial charge in [0.05, 0.1) is 0 Å². The zero-order valence-electron chi connectivity index (χ0n) is 11.9. The van der Waals surface area contributed by atoms with Crippen LogP contribution in [0, 0.1) is 17.8 Å². The van der Waals surface area contributed by atoms with Gasteiger partial charge in [0.25, 0.3) is 0 Å². The molecule has 1 aliphatic carbocycles. The number of aliphatic hydroxyl groups is 1. The van der Waals surface area contributed by atoms with Crippen LogP contribution < -0.4 is 0 Å². The molecular formula is C14H24O4S. The normalized spacial score (nSPS) is 39.5. The van der Waals surface area contributed by atoms with Crippen molar-refractivity contribution in [2.24, 2.45) is 17.8 Å². The zero-order valence-corrected chi connectivity index (χ0v) is 12.7. The smallest absolute Gasteiger partial charge is 0.346 e. The van der Waals surface area contributed by atoms with Gasteiger partial charge >= 0.3 is 5.97 Å². The quantitative estimate of drug-likeness (QED) is 0.808. The lowest BCUT2D eigenvalue weighted by Crippen LogP contribution is -2.38. The first-order valence-corrected chi connectivity index (χ1v) is 8.18. The van der Waals surface area contributed by atoms with Gasteiger partial charge in [0.15, 0.2) is 6.29 Å². The van der Waals surface area contributed by atoms with Crippen LogP contribution in [0.2, 0.25) is 0 Å². The second kappa shape index (κ2) is 6.46. The molecule has 1 heterocycles. The number of ether oxygens (including phenoxy) is 2. The van der Waals surface area contributed by atoms with Gasteiger partial charge in [-0.2, -0.15) is 0 Å². The Morgan fingerprint density at radius 2 is 2.16 bits per heavy atom. The van der Waals surface area contributed by atoms with E-state index in [1.807, 2.05) is 0 Å². The molecule has 5 atom stereocenters. The maximum Gasteiger partial charge on any atom is 0.346 e. The summed E-state index contributed by atoms with van der Waals surface area (Å²) < 4.78 is 10.8. The van der Waals surface area contributed by atoms with E-state index in [2.05, 4.69) is 20.8 Å². The van der Waals surface area contributed by atoms with Crippen molar-refractivity contribution in [3.63, 3.8) is 0 Å². The molecule has 0 amide bonds. The van der Waals surface area contributed by atoms with Crippen LogP contribution in [0.3, 0.4) is 0 Å². The second-order valence-corrected chi connectivity index (χ2v) is 7.15. The molecule has 1 saturated heterocycles. The predicted molar refractivity (Wildman–Crippen MR) is 74.6 cm³/mol. The minimum Gasteiger partial charge on any atom is -0.459 e. The van der Waals surface area contributed by atoms with Crippen molar-refractivity contribution < 1.29 is 19.4 Å². The number of hydrogen-bond donors (Lipinski definition) is 1. The summed E-state index contributed by atoms with van der Waals surface area (Å²) in [5, 5.41) is 9.29. The molecule has 1 aliphatic heterocycles. The molecule has 2 rings (SSSR count). The van der Waals surface area contributed by atoms with Crippen LogP contribution in [0.1, 0.15) is 40.0 Å². The molecule has 0 radical (unpaired) electrons. The van der Waals surface area contributed by atoms with Gasteiger partial charge in [-0.25, -0.2) is 4.79 Å². The first-order chi connectivity index (χ1) is 8.97. The van der Waals surface area contributed by atoms with Crippen molar-refractivity contribution in [2.75, 3.05) is 5.75 Å². The predicted octanol–water partition coefficient (Wildman–Crippen LogP) is 2.40. The van der Waals surface area contributed by atoms with Gasteiger partial charge in [-0.3, -0.25) is 0 Å². The summed E-state index contributed by atoms with van der Waals surface area (Å²) in [6.07, 6.45) is 2.43. The summed E-state index contributed by atoms with van der Waals surface area (Å²) >= 11 is 1.31. The minimum absolute atomic E-state index is 0.00167. The van der Waals surface area contributed by atoms with Crippen LogP contribution in [0.5, 0.6) is 0 Å². The number of aliphatic hydroxyl groups excluding tert-OH is 1. The molecule has 110 valence electrons. The lowest BCUT2D eigenvalue weighted by molar-refractivity contribution is -0.172. The van der Waals surface area contributed by atoms with Crippen LogP contribution in [0.15, 0.2) is 0 Å². The fourth-order valence-corrected chi connectivity index (χ4v) is 3.79. The Morgan fingerprint density at radius 1 is 1.42 bits per heavy atom. The number of hydrogen-bond acceptors (Lipinski definition) is 5. The summed E-state index contributed by atoms with van der Waals surface area (Å²) in [6.45, 7) is 6.58. The van der Waals surface area contributed by atoms with Crippen molar-refractivity contribution in [2.45, 2.75) is 57.9 Å². The van der Waals surface area contributed by atoms with E-state index in [9.17, 15) is 9.90 Å². The summed E-state index contributed by atoms with van der Waals surface area (Å²) in [7, 11) is 0. The number of esters is 1. The first-order valence-electron chi connectivity index (χ1n) is 7.13. The Hall–Kier alpha value is -0.260. The van der Waals surface area contributed by atoms with Crippen molar-refractivity contribution in [1.29, 1.82) is 0 Å². The SMILES string of the molecule is CC1CCC(C(C)C)C(OC(=O)[C@H]2O[C@@H](O)CS2)C1. The highest BCUT2D eigenvalue weighted by molar-refractivity contribution is 8.00. The van der Waals surface area contributed by atoms with Crippen molar-refractivity contribution >= 4 is 17.7 Å². The molecule has 2 aliphatic rings. The number of rotatable bonds is 3. The van der Waals surface area contributed by atoms with E-state index < -0.39 is 11.7 Å². The zero-order chi connectivity index (χ0) is 14.0. The lowest BCUT2D eigenvalue weighted by atomic mass is 9.75. The summed E-state index contributed by atoms with van der Waals surface area (Å²) in [4.78, 5) is 12.1. The molecule has 0 spiro atoms. The maximum absolute atomic E-state index is 12.1. The average Bonchev–Trinajstić information content (AvgIpc) is 2.75. The Balaban J connectivity index is 1.92. The van der Waals surface area contributed by atoms with Crippen LogP contribution in [-0.2, 0) is 14.3 Å². The molecule has 5 heteroatoms. The van der Waals surface area contributed by atoms with Gasteiger partial charge in [-0.1, -0.05) is 27.2 Å². The fraction of sp³-hybridized carbons (Fsp3) is 0.929. The number of carbonyl (C=O) groups excluding carboxylic acids is 1. The number of carbonyl (C=O) groups is 1. The molecule has 0 aromatic carbocycles. The fourth-order valence-electron chi connectivity index (χ4n) is 2.97. The number of thioether (sulfide) groups is 1. The highest BCUT2D eigenvalue weighted by Gasteiger charge is 2.37. The van der Waals surface area contributed by atoms with Gasteiger partial charge in [0.1, 0.15) is 6.10 Å². The van der Waals surface area contributed by atoms with Crippen LogP contribution in [-0.4, -0.2) is 34.7 Å². The van der Waals surface area contributed by atoms with E-state index in [4.69, 9.17) is 9.47 Å². The summed E-state index contributed by atoms with van der Waals surface area (Å²) in [5.74, 6) is 1.68. The first kappa shape index (κ1) is 15.1. The molecule has 4 nitrogen and oxygen atoms in total. The molecule has 0 aromatic heterocycles. The van der Waals surface area contributed by atoms with Crippen molar-refractivity contribution in [3.8, 4) is 0 Å². The third-order valence-electron chi connectivity index (χ3n) is 4.09. The molecule has 1 saturated carbocycles. The van der Waals surface area contributed by atoms with E-state index in [1.54, 1.807) is 0 Å². The standard InChI is InChI=1S/C14H24O4S/c1-8(2)10-5-4-9(3)6-11(10)17-13(16)14-18-12(15)7-19-14/h8-12,14-15H,4-7H2,1-3H3/t9?,10?,11?,12-,14+/m1/s1. The van der Waals surface area contributed by atoms with Crippen LogP contribution in [0.4, 0.5) is 0 Å². The van der Waals surface area contributed by atoms with Gasteiger partial charge < -0.3 is 14.6 Å². The highest BCUT2D eigenvalue weighted by atomic mass is 32.2. The van der Waals surface area contributed by atoms with E-state index in [-0.39, 0.29) is 12.1 Å². The topological polar surface area (TPSA) is 55.8 Å². The third-order valence-corrected chi connectivity index (χ3v) is 5.18. The Labute approximate surface area is 119 Å². The highest BCUT2D eigenvalue weighted by Crippen LogP contribution is 2.36. The Morgan fingerprint density at radius 3 is 2.74 bits per heavy atom. The Bertz CT molecular complexity index is 321. The van der Waals surface area contributed by atoms with Gasteiger partial charge in [-0.15, -0.1) is 11.8 Å². The minimum atomic E-state index is -0.839. The summed E-state index contributed by atoms with van der Waals surface area (Å²) in [5.41, 5.74) is -0.653. The van der Waals surface area contributed by atoms with Crippen LogP contribution in [0.25, 0.3) is 0 Å². The monoisotopic (exact) mass is 288 g/mol. The van der Waals surface area contributed by atoms with Gasteiger partial charge in [-0.05, 0) is 30.6 Å². The van der Waals surface area contributed by atoms with E-state index in [1.165, 1.54) is 18.2 Å². The summed E-state index contributed by atoms with van der Waals surface area (Å²) in [6, 6.07) is 0. The molecule has 1 N–H and O–H groups in total. The molecule has 2 fully saturated rings. The average molecular weight is 288 g/mol. The van der Waals surface area contributed by atoms with Gasteiger partial charge in [0.2, 0.25) is 5.44 Å². The molecular weight excluding hydrogens is 264 g/mol. The second-order valence-electron chi connectivity index (χ2n) is 6.06.